The Morgan fingerprint density at radius 3 is 2.64 bits per heavy atom. The average molecular weight is 395 g/mol. The molecule has 1 aromatic heterocycles. The number of nitrogens with zero attached hydrogens (tertiary/aromatic N) is 3. The van der Waals surface area contributed by atoms with E-state index in [2.05, 4.69) is 31.8 Å². The van der Waals surface area contributed by atoms with Gasteiger partial charge in [0.05, 0.1) is 5.69 Å². The van der Waals surface area contributed by atoms with Gasteiger partial charge >= 0.3 is 6.36 Å². The largest absolute Gasteiger partial charge is 0.573 e. The molecule has 152 valence electrons. The number of hydrogen-bond acceptors (Lipinski definition) is 6. The van der Waals surface area contributed by atoms with Crippen molar-refractivity contribution in [2.45, 2.75) is 45.6 Å². The highest BCUT2D eigenvalue weighted by atomic mass is 19.4. The molecule has 0 saturated heterocycles. The molecule has 0 radical (unpaired) electrons. The van der Waals surface area contributed by atoms with Gasteiger partial charge in [-0.1, -0.05) is 25.5 Å². The van der Waals surface area contributed by atoms with E-state index in [1.54, 1.807) is 12.1 Å². The molecule has 6 nitrogen and oxygen atoms in total. The molecule has 3 N–H and O–H groups in total. The quantitative estimate of drug-likeness (QED) is 0.696. The lowest BCUT2D eigenvalue weighted by Gasteiger charge is -2.29. The number of unbranched alkanes of at least 4 members (excludes halogenated alkanes) is 1. The lowest BCUT2D eigenvalue weighted by molar-refractivity contribution is -0.274. The Kier molecular flexibility index (Phi) is 6.23. The summed E-state index contributed by atoms with van der Waals surface area (Å²) in [6.07, 6.45) is -1.81. The van der Waals surface area contributed by atoms with Gasteiger partial charge in [0.25, 0.3) is 0 Å². The van der Waals surface area contributed by atoms with E-state index in [9.17, 15) is 13.2 Å². The maximum absolute atomic E-state index is 12.3. The zero-order chi connectivity index (χ0) is 20.1. The molecular formula is C19H24F3N5O. The fourth-order valence-corrected chi connectivity index (χ4v) is 3.21. The second-order valence-electron chi connectivity index (χ2n) is 6.79. The number of nitrogens with two attached hydrogens (primary N) is 1. The van der Waals surface area contributed by atoms with Crippen molar-refractivity contribution in [1.82, 2.24) is 14.9 Å². The van der Waals surface area contributed by atoms with E-state index in [1.807, 2.05) is 0 Å². The fourth-order valence-electron chi connectivity index (χ4n) is 3.21. The molecule has 28 heavy (non-hydrogen) atoms. The molecular weight excluding hydrogens is 371 g/mol. The first kappa shape index (κ1) is 20.2. The Labute approximate surface area is 161 Å². The summed E-state index contributed by atoms with van der Waals surface area (Å²) in [6, 6.07) is 5.97. The third kappa shape index (κ3) is 5.48. The Hall–Kier alpha value is -2.55. The molecule has 0 fully saturated rings. The van der Waals surface area contributed by atoms with Gasteiger partial charge < -0.3 is 15.8 Å². The van der Waals surface area contributed by atoms with E-state index in [0.29, 0.717) is 13.1 Å². The summed E-state index contributed by atoms with van der Waals surface area (Å²) >= 11 is 0. The van der Waals surface area contributed by atoms with Crippen LogP contribution in [-0.2, 0) is 19.5 Å². The molecule has 2 heterocycles. The van der Waals surface area contributed by atoms with Gasteiger partial charge in [-0.25, -0.2) is 4.98 Å². The first-order valence-corrected chi connectivity index (χ1v) is 9.30. The van der Waals surface area contributed by atoms with Crippen LogP contribution in [0, 0.1) is 0 Å². The molecule has 1 aliphatic rings. The van der Waals surface area contributed by atoms with Crippen molar-refractivity contribution in [2.75, 3.05) is 24.1 Å². The smallest absolute Gasteiger partial charge is 0.406 e. The van der Waals surface area contributed by atoms with Crippen molar-refractivity contribution in [1.29, 1.82) is 0 Å². The Balaban J connectivity index is 1.67. The number of fused-ring (bicyclic) bond motifs is 1. The minimum Gasteiger partial charge on any atom is -0.406 e. The number of nitrogen functional groups attached to an aromatic ring is 1. The van der Waals surface area contributed by atoms with E-state index in [1.165, 1.54) is 12.1 Å². The van der Waals surface area contributed by atoms with Crippen molar-refractivity contribution in [3.63, 3.8) is 0 Å². The summed E-state index contributed by atoms with van der Waals surface area (Å²) in [5, 5.41) is 3.35. The predicted octanol–water partition coefficient (Wildman–Crippen LogP) is 3.73. The van der Waals surface area contributed by atoms with Gasteiger partial charge in [-0.2, -0.15) is 4.98 Å². The van der Waals surface area contributed by atoms with E-state index in [-0.39, 0.29) is 11.7 Å². The molecule has 0 atom stereocenters. The number of aromatic nitrogens is 2. The van der Waals surface area contributed by atoms with Crippen LogP contribution in [0.3, 0.4) is 0 Å². The summed E-state index contributed by atoms with van der Waals surface area (Å²) in [5.41, 5.74) is 8.74. The standard InChI is InChI=1S/C19H24F3N5O/c1-2-3-9-24-17-15-12-27(10-8-16(15)25-18(23)26-17)11-13-4-6-14(7-5-13)28-19(20,21)22/h4-7H,2-3,8-12H2,1H3,(H3,23,24,25,26). The first-order chi connectivity index (χ1) is 13.3. The van der Waals surface area contributed by atoms with E-state index in [0.717, 1.165) is 55.0 Å². The first-order valence-electron chi connectivity index (χ1n) is 9.30. The SMILES string of the molecule is CCCCNc1nc(N)nc2c1CN(Cc1ccc(OC(F)(F)F)cc1)CC2. The van der Waals surface area contributed by atoms with E-state index < -0.39 is 6.36 Å². The van der Waals surface area contributed by atoms with Crippen LogP contribution in [0.4, 0.5) is 24.9 Å². The number of halogens is 3. The van der Waals surface area contributed by atoms with Crippen LogP contribution in [0.2, 0.25) is 0 Å². The highest BCUT2D eigenvalue weighted by molar-refractivity contribution is 5.50. The van der Waals surface area contributed by atoms with Crippen LogP contribution < -0.4 is 15.8 Å². The Bertz CT molecular complexity index is 795. The van der Waals surface area contributed by atoms with Gasteiger partial charge in [0, 0.05) is 38.2 Å². The fraction of sp³-hybridized carbons (Fsp3) is 0.474. The number of hydrogen-bond donors (Lipinski definition) is 2. The van der Waals surface area contributed by atoms with Gasteiger partial charge in [0.2, 0.25) is 5.95 Å². The van der Waals surface area contributed by atoms with Crippen LogP contribution in [0.15, 0.2) is 24.3 Å². The maximum atomic E-state index is 12.3. The third-order valence-electron chi connectivity index (χ3n) is 4.54. The van der Waals surface area contributed by atoms with Crippen LogP contribution in [-0.4, -0.2) is 34.3 Å². The Morgan fingerprint density at radius 2 is 1.96 bits per heavy atom. The Morgan fingerprint density at radius 1 is 1.21 bits per heavy atom. The molecule has 1 aliphatic heterocycles. The van der Waals surface area contributed by atoms with Crippen molar-refractivity contribution in [2.24, 2.45) is 0 Å². The number of benzene rings is 1. The monoisotopic (exact) mass is 395 g/mol. The number of nitrogens with one attached hydrogen (secondary N) is 1. The number of ether oxygens (including phenoxy) is 1. The molecule has 0 unspecified atom stereocenters. The second kappa shape index (κ2) is 8.64. The van der Waals surface area contributed by atoms with Crippen molar-refractivity contribution in [3.05, 3.63) is 41.1 Å². The van der Waals surface area contributed by atoms with Crippen LogP contribution in [0.1, 0.15) is 36.6 Å². The summed E-state index contributed by atoms with van der Waals surface area (Å²) in [7, 11) is 0. The normalized spacial score (nSPS) is 14.6. The van der Waals surface area contributed by atoms with Crippen LogP contribution in [0.5, 0.6) is 5.75 Å². The highest BCUT2D eigenvalue weighted by Crippen LogP contribution is 2.27. The summed E-state index contributed by atoms with van der Waals surface area (Å²) in [5.74, 6) is 0.826. The summed E-state index contributed by atoms with van der Waals surface area (Å²) < 4.78 is 40.7. The van der Waals surface area contributed by atoms with Gasteiger partial charge in [-0.15, -0.1) is 13.2 Å². The van der Waals surface area contributed by atoms with Crippen LogP contribution >= 0.6 is 0 Å². The molecule has 2 aromatic rings. The van der Waals surface area contributed by atoms with Gasteiger partial charge in [0.15, 0.2) is 0 Å². The zero-order valence-electron chi connectivity index (χ0n) is 15.7. The third-order valence-corrected chi connectivity index (χ3v) is 4.54. The highest BCUT2D eigenvalue weighted by Gasteiger charge is 2.31. The zero-order valence-corrected chi connectivity index (χ0v) is 15.7. The maximum Gasteiger partial charge on any atom is 0.573 e. The van der Waals surface area contributed by atoms with Crippen molar-refractivity contribution in [3.8, 4) is 5.75 Å². The van der Waals surface area contributed by atoms with Gasteiger partial charge in [-0.3, -0.25) is 4.90 Å². The number of alkyl halides is 3. The molecule has 0 amide bonds. The topological polar surface area (TPSA) is 76.3 Å². The number of anilines is 2. The predicted molar refractivity (Wildman–Crippen MR) is 101 cm³/mol. The lowest BCUT2D eigenvalue weighted by atomic mass is 10.0. The van der Waals surface area contributed by atoms with E-state index >= 15 is 0 Å². The van der Waals surface area contributed by atoms with Crippen LogP contribution in [0.25, 0.3) is 0 Å². The summed E-state index contributed by atoms with van der Waals surface area (Å²) in [4.78, 5) is 10.9. The van der Waals surface area contributed by atoms with Gasteiger partial charge in [-0.05, 0) is 24.1 Å². The molecule has 1 aromatic carbocycles. The van der Waals surface area contributed by atoms with Crippen molar-refractivity contribution >= 4 is 11.8 Å². The number of rotatable bonds is 7. The van der Waals surface area contributed by atoms with Crippen molar-refractivity contribution < 1.29 is 17.9 Å². The average Bonchev–Trinajstić information content (AvgIpc) is 2.62. The molecule has 0 bridgehead atoms. The van der Waals surface area contributed by atoms with E-state index in [4.69, 9.17) is 5.73 Å². The summed E-state index contributed by atoms with van der Waals surface area (Å²) in [6.45, 7) is 5.01. The molecule has 0 spiro atoms. The molecule has 0 saturated carbocycles. The van der Waals surface area contributed by atoms with Gasteiger partial charge in [0.1, 0.15) is 11.6 Å². The minimum absolute atomic E-state index is 0.216. The molecule has 3 rings (SSSR count). The molecule has 0 aliphatic carbocycles. The second-order valence-corrected chi connectivity index (χ2v) is 6.79. The molecule has 9 heteroatoms. The minimum atomic E-state index is -4.68. The lowest BCUT2D eigenvalue weighted by Crippen LogP contribution is -2.32.